The molecule has 1 aliphatic carbocycles. The van der Waals surface area contributed by atoms with Gasteiger partial charge in [0.05, 0.1) is 10.5 Å². The van der Waals surface area contributed by atoms with Gasteiger partial charge in [0.2, 0.25) is 11.7 Å². The third kappa shape index (κ3) is 2.88. The van der Waals surface area contributed by atoms with E-state index in [-0.39, 0.29) is 23.6 Å². The lowest BCUT2D eigenvalue weighted by molar-refractivity contribution is -0.384. The van der Waals surface area contributed by atoms with Gasteiger partial charge in [-0.2, -0.15) is 4.98 Å². The molecule has 1 aliphatic rings. The van der Waals surface area contributed by atoms with Gasteiger partial charge in [0, 0.05) is 18.1 Å². The van der Waals surface area contributed by atoms with Crippen LogP contribution in [0.3, 0.4) is 0 Å². The summed E-state index contributed by atoms with van der Waals surface area (Å²) in [4.78, 5) is 25.2. The number of hydrogen-bond acceptors (Lipinski definition) is 7. The highest BCUT2D eigenvalue weighted by molar-refractivity contribution is 5.80. The van der Waals surface area contributed by atoms with Crippen molar-refractivity contribution in [3.05, 3.63) is 45.6 Å². The number of hydrogen-bond donors (Lipinski definition) is 0. The van der Waals surface area contributed by atoms with Crippen LogP contribution in [0, 0.1) is 10.1 Å². The van der Waals surface area contributed by atoms with Crippen molar-refractivity contribution in [3.63, 3.8) is 0 Å². The molecule has 0 amide bonds. The highest BCUT2D eigenvalue weighted by Gasteiger charge is 2.29. The molecule has 0 spiro atoms. The Morgan fingerprint density at radius 2 is 2.29 bits per heavy atom. The van der Waals surface area contributed by atoms with E-state index in [9.17, 15) is 14.9 Å². The first-order valence-corrected chi connectivity index (χ1v) is 6.36. The van der Waals surface area contributed by atoms with Gasteiger partial charge in [0.15, 0.2) is 12.9 Å². The summed E-state index contributed by atoms with van der Waals surface area (Å²) in [5, 5.41) is 14.4. The second kappa shape index (κ2) is 5.31. The number of aldehydes is 1. The fourth-order valence-corrected chi connectivity index (χ4v) is 1.84. The number of non-ortho nitro benzene ring substituents is 1. The van der Waals surface area contributed by atoms with E-state index in [1.165, 1.54) is 12.1 Å². The Bertz CT molecular complexity index is 693. The average Bonchev–Trinajstić information content (AvgIpc) is 3.24. The quantitative estimate of drug-likeness (QED) is 0.455. The third-order valence-electron chi connectivity index (χ3n) is 3.10. The molecule has 8 nitrogen and oxygen atoms in total. The third-order valence-corrected chi connectivity index (χ3v) is 3.10. The zero-order valence-electron chi connectivity index (χ0n) is 10.9. The molecular weight excluding hydrogens is 278 g/mol. The van der Waals surface area contributed by atoms with Gasteiger partial charge in [-0.25, -0.2) is 0 Å². The number of rotatable bonds is 6. The van der Waals surface area contributed by atoms with Crippen LogP contribution >= 0.6 is 0 Å². The van der Waals surface area contributed by atoms with Crippen molar-refractivity contribution in [3.8, 4) is 5.75 Å². The fourth-order valence-electron chi connectivity index (χ4n) is 1.84. The summed E-state index contributed by atoms with van der Waals surface area (Å²) in [6.07, 6.45) is 2.62. The van der Waals surface area contributed by atoms with Crippen LogP contribution in [0.25, 0.3) is 0 Å². The van der Waals surface area contributed by atoms with E-state index < -0.39 is 4.92 Å². The van der Waals surface area contributed by atoms with Crippen molar-refractivity contribution >= 4 is 12.0 Å². The number of carbonyl (C=O) groups excluding carboxylic acids is 1. The van der Waals surface area contributed by atoms with Crippen molar-refractivity contribution in [1.82, 2.24) is 10.1 Å². The predicted molar refractivity (Wildman–Crippen MR) is 69.1 cm³/mol. The number of nitrogens with zero attached hydrogens (tertiary/aromatic N) is 3. The maximum Gasteiger partial charge on any atom is 0.270 e. The monoisotopic (exact) mass is 289 g/mol. The first-order chi connectivity index (χ1) is 10.2. The van der Waals surface area contributed by atoms with Crippen molar-refractivity contribution in [2.24, 2.45) is 0 Å². The molecule has 1 aromatic carbocycles. The Labute approximate surface area is 118 Å². The van der Waals surface area contributed by atoms with Crippen LogP contribution in [0.15, 0.2) is 22.7 Å². The summed E-state index contributed by atoms with van der Waals surface area (Å²) < 4.78 is 10.5. The van der Waals surface area contributed by atoms with E-state index >= 15 is 0 Å². The SMILES string of the molecule is O=Cc1cc([N+](=O)[O-])ccc1OCc1noc(C2CC2)n1. The number of carbonyl (C=O) groups is 1. The summed E-state index contributed by atoms with van der Waals surface area (Å²) in [6.45, 7) is 0.0366. The summed E-state index contributed by atoms with van der Waals surface area (Å²) in [5.74, 6) is 1.59. The summed E-state index contributed by atoms with van der Waals surface area (Å²) in [6, 6.07) is 3.81. The second-order valence-electron chi connectivity index (χ2n) is 4.71. The Morgan fingerprint density at radius 1 is 1.48 bits per heavy atom. The van der Waals surface area contributed by atoms with Crippen molar-refractivity contribution in [1.29, 1.82) is 0 Å². The minimum atomic E-state index is -0.572. The van der Waals surface area contributed by atoms with E-state index in [1.54, 1.807) is 0 Å². The van der Waals surface area contributed by atoms with Crippen molar-refractivity contribution < 1.29 is 19.0 Å². The van der Waals surface area contributed by atoms with Gasteiger partial charge < -0.3 is 9.26 Å². The maximum atomic E-state index is 11.0. The molecule has 1 heterocycles. The Kier molecular flexibility index (Phi) is 3.35. The summed E-state index contributed by atoms with van der Waals surface area (Å²) in [5.41, 5.74) is -0.0601. The second-order valence-corrected chi connectivity index (χ2v) is 4.71. The molecule has 0 radical (unpaired) electrons. The Balaban J connectivity index is 1.71. The summed E-state index contributed by atoms with van der Waals surface area (Å²) >= 11 is 0. The number of aromatic nitrogens is 2. The van der Waals surface area contributed by atoms with Crippen LogP contribution in [-0.2, 0) is 6.61 Å². The first-order valence-electron chi connectivity index (χ1n) is 6.36. The normalized spacial score (nSPS) is 13.9. The van der Waals surface area contributed by atoms with Crippen LogP contribution in [-0.4, -0.2) is 21.4 Å². The molecule has 2 aromatic rings. The lowest BCUT2D eigenvalue weighted by Gasteiger charge is -2.05. The molecule has 1 saturated carbocycles. The summed E-state index contributed by atoms with van der Waals surface area (Å²) in [7, 11) is 0. The van der Waals surface area contributed by atoms with Crippen LogP contribution < -0.4 is 4.74 Å². The molecule has 0 unspecified atom stereocenters. The van der Waals surface area contributed by atoms with Crippen LogP contribution in [0.2, 0.25) is 0 Å². The Morgan fingerprint density at radius 3 is 2.95 bits per heavy atom. The van der Waals surface area contributed by atoms with E-state index in [1.807, 2.05) is 0 Å². The van der Waals surface area contributed by atoms with Gasteiger partial charge in [-0.1, -0.05) is 5.16 Å². The zero-order valence-corrected chi connectivity index (χ0v) is 10.9. The van der Waals surface area contributed by atoms with E-state index in [0.29, 0.717) is 23.9 Å². The average molecular weight is 289 g/mol. The molecule has 0 bridgehead atoms. The van der Waals surface area contributed by atoms with E-state index in [4.69, 9.17) is 9.26 Å². The number of nitro groups is 1. The van der Waals surface area contributed by atoms with Gasteiger partial charge in [0.1, 0.15) is 5.75 Å². The van der Waals surface area contributed by atoms with E-state index in [0.717, 1.165) is 18.9 Å². The number of nitro benzene ring substituents is 1. The van der Waals surface area contributed by atoms with Gasteiger partial charge in [-0.15, -0.1) is 0 Å². The highest BCUT2D eigenvalue weighted by Crippen LogP contribution is 2.38. The van der Waals surface area contributed by atoms with Gasteiger partial charge in [-0.05, 0) is 18.9 Å². The number of benzene rings is 1. The highest BCUT2D eigenvalue weighted by atomic mass is 16.6. The molecule has 1 aromatic heterocycles. The first kappa shape index (κ1) is 13.2. The molecule has 8 heteroatoms. The largest absolute Gasteiger partial charge is 0.485 e. The fraction of sp³-hybridized carbons (Fsp3) is 0.308. The standard InChI is InChI=1S/C13H11N3O5/c17-6-9-5-10(16(18)19)3-4-11(9)20-7-12-14-13(21-15-12)8-1-2-8/h3-6,8H,1-2,7H2. The zero-order chi connectivity index (χ0) is 14.8. The van der Waals surface area contributed by atoms with Crippen LogP contribution in [0.5, 0.6) is 5.75 Å². The van der Waals surface area contributed by atoms with E-state index in [2.05, 4.69) is 10.1 Å². The maximum absolute atomic E-state index is 11.0. The lowest BCUT2D eigenvalue weighted by Crippen LogP contribution is -2.01. The molecule has 21 heavy (non-hydrogen) atoms. The lowest BCUT2D eigenvalue weighted by atomic mass is 10.2. The molecule has 108 valence electrons. The molecule has 0 saturated heterocycles. The number of ether oxygens (including phenoxy) is 1. The van der Waals surface area contributed by atoms with Gasteiger partial charge in [0.25, 0.3) is 5.69 Å². The van der Waals surface area contributed by atoms with Crippen LogP contribution in [0.1, 0.15) is 40.8 Å². The van der Waals surface area contributed by atoms with Crippen molar-refractivity contribution in [2.45, 2.75) is 25.4 Å². The molecule has 3 rings (SSSR count). The molecule has 0 N–H and O–H groups in total. The molecule has 1 fully saturated rings. The van der Waals surface area contributed by atoms with Gasteiger partial charge >= 0.3 is 0 Å². The minimum Gasteiger partial charge on any atom is -0.485 e. The minimum absolute atomic E-state index is 0.0366. The predicted octanol–water partition coefficient (Wildman–Crippen LogP) is 2.25. The van der Waals surface area contributed by atoms with Crippen LogP contribution in [0.4, 0.5) is 5.69 Å². The molecule has 0 atom stereocenters. The molecular formula is C13H11N3O5. The topological polar surface area (TPSA) is 108 Å². The smallest absolute Gasteiger partial charge is 0.270 e. The van der Waals surface area contributed by atoms with Crippen molar-refractivity contribution in [2.75, 3.05) is 0 Å². The molecule has 0 aliphatic heterocycles. The van der Waals surface area contributed by atoms with Gasteiger partial charge in [-0.3, -0.25) is 14.9 Å². The Hall–Kier alpha value is -2.77.